The number of hydrogen-bond donors (Lipinski definition) is 0. The molecule has 0 amide bonds. The summed E-state index contributed by atoms with van der Waals surface area (Å²) < 4.78 is 5.13. The maximum Gasteiger partial charge on any atom is 0.162 e. The lowest BCUT2D eigenvalue weighted by molar-refractivity contribution is -0.121. The molecule has 0 heterocycles. The molecule has 0 aromatic heterocycles. The van der Waals surface area contributed by atoms with Gasteiger partial charge in [0, 0.05) is 12.8 Å². The molecule has 0 N–H and O–H groups in total. The second-order valence-corrected chi connectivity index (χ2v) is 2.91. The number of Topliss-reactive ketones (excluding diaryl/α,β-unsaturated/α-hetero) is 1. The first kappa shape index (κ1) is 11.1. The van der Waals surface area contributed by atoms with Gasteiger partial charge in [0.2, 0.25) is 0 Å². The molecule has 0 saturated carbocycles. The predicted molar refractivity (Wildman–Crippen MR) is 49.9 cm³/mol. The molecule has 0 rings (SSSR count). The molecule has 66 valence electrons. The van der Waals surface area contributed by atoms with Gasteiger partial charge < -0.3 is 4.74 Å². The third-order valence-electron chi connectivity index (χ3n) is 1.38. The minimum Gasteiger partial charge on any atom is -0.374 e. The molecule has 2 nitrogen and oxygen atoms in total. The molecule has 0 radical (unpaired) electrons. The van der Waals surface area contributed by atoms with Crippen molar-refractivity contribution in [3.63, 3.8) is 0 Å². The summed E-state index contributed by atoms with van der Waals surface area (Å²) in [7, 11) is 2.40. The number of carbonyl (C=O) groups excluding carboxylic acids is 1. The fourth-order valence-corrected chi connectivity index (χ4v) is 0.817. The van der Waals surface area contributed by atoms with Gasteiger partial charge in [-0.2, -0.15) is 0 Å². The smallest absolute Gasteiger partial charge is 0.162 e. The Morgan fingerprint density at radius 2 is 2.18 bits per heavy atom. The SMILES string of the molecule is CCCCCOCC(=O)CP. The molecule has 0 bridgehead atoms. The Labute approximate surface area is 70.9 Å². The normalized spacial score (nSPS) is 10.0. The van der Waals surface area contributed by atoms with Gasteiger partial charge in [0.05, 0.1) is 0 Å². The van der Waals surface area contributed by atoms with Crippen molar-refractivity contribution in [1.29, 1.82) is 0 Å². The summed E-state index contributed by atoms with van der Waals surface area (Å²) in [6.45, 7) is 3.16. The molecule has 1 unspecified atom stereocenters. The van der Waals surface area contributed by atoms with Crippen molar-refractivity contribution < 1.29 is 9.53 Å². The van der Waals surface area contributed by atoms with Crippen LogP contribution in [-0.4, -0.2) is 25.2 Å². The Balaban J connectivity index is 2.95. The zero-order valence-corrected chi connectivity index (χ0v) is 8.29. The van der Waals surface area contributed by atoms with E-state index in [0.29, 0.717) is 6.16 Å². The first-order valence-corrected chi connectivity index (χ1v) is 4.92. The fourth-order valence-electron chi connectivity index (χ4n) is 0.699. The van der Waals surface area contributed by atoms with E-state index < -0.39 is 0 Å². The van der Waals surface area contributed by atoms with E-state index in [4.69, 9.17) is 4.74 Å². The highest BCUT2D eigenvalue weighted by molar-refractivity contribution is 7.18. The second kappa shape index (κ2) is 8.16. The Morgan fingerprint density at radius 3 is 2.73 bits per heavy atom. The van der Waals surface area contributed by atoms with E-state index in [2.05, 4.69) is 16.2 Å². The van der Waals surface area contributed by atoms with Crippen LogP contribution in [0.5, 0.6) is 0 Å². The average molecular weight is 176 g/mol. The molecule has 0 aromatic rings. The van der Waals surface area contributed by atoms with Crippen LogP contribution in [0.2, 0.25) is 0 Å². The Kier molecular flexibility index (Phi) is 8.20. The van der Waals surface area contributed by atoms with E-state index in [1.165, 1.54) is 12.8 Å². The van der Waals surface area contributed by atoms with Crippen molar-refractivity contribution >= 4 is 15.0 Å². The Hall–Kier alpha value is 0.0600. The molecule has 0 aliphatic heterocycles. The zero-order chi connectivity index (χ0) is 8.53. The Morgan fingerprint density at radius 1 is 1.45 bits per heavy atom. The summed E-state index contributed by atoms with van der Waals surface area (Å²) in [4.78, 5) is 10.7. The van der Waals surface area contributed by atoms with Gasteiger partial charge in [-0.25, -0.2) is 0 Å². The van der Waals surface area contributed by atoms with Crippen LogP contribution >= 0.6 is 9.24 Å². The molecule has 0 fully saturated rings. The van der Waals surface area contributed by atoms with E-state index in [1.54, 1.807) is 0 Å². The molecule has 3 heteroatoms. The summed E-state index contributed by atoms with van der Waals surface area (Å²) >= 11 is 0. The zero-order valence-electron chi connectivity index (χ0n) is 7.14. The van der Waals surface area contributed by atoms with E-state index in [1.807, 2.05) is 0 Å². The minimum absolute atomic E-state index is 0.159. The third kappa shape index (κ3) is 7.96. The van der Waals surface area contributed by atoms with E-state index in [9.17, 15) is 4.79 Å². The van der Waals surface area contributed by atoms with Gasteiger partial charge in [-0.15, -0.1) is 9.24 Å². The van der Waals surface area contributed by atoms with Gasteiger partial charge in [0.1, 0.15) is 6.61 Å². The lowest BCUT2D eigenvalue weighted by Crippen LogP contribution is -2.09. The molecular weight excluding hydrogens is 159 g/mol. The number of hydrogen-bond acceptors (Lipinski definition) is 2. The monoisotopic (exact) mass is 176 g/mol. The molecule has 0 aliphatic rings. The van der Waals surface area contributed by atoms with Crippen molar-refractivity contribution in [2.75, 3.05) is 19.4 Å². The van der Waals surface area contributed by atoms with Crippen molar-refractivity contribution in [1.82, 2.24) is 0 Å². The van der Waals surface area contributed by atoms with Crippen LogP contribution in [0.3, 0.4) is 0 Å². The van der Waals surface area contributed by atoms with Crippen molar-refractivity contribution in [2.24, 2.45) is 0 Å². The third-order valence-corrected chi connectivity index (χ3v) is 1.84. The van der Waals surface area contributed by atoms with E-state index in [0.717, 1.165) is 13.0 Å². The molecule has 1 atom stereocenters. The van der Waals surface area contributed by atoms with Crippen LogP contribution in [0.15, 0.2) is 0 Å². The van der Waals surface area contributed by atoms with Crippen LogP contribution in [0.1, 0.15) is 26.2 Å². The van der Waals surface area contributed by atoms with Gasteiger partial charge in [-0.1, -0.05) is 19.8 Å². The van der Waals surface area contributed by atoms with Crippen molar-refractivity contribution in [3.8, 4) is 0 Å². The maximum atomic E-state index is 10.7. The highest BCUT2D eigenvalue weighted by Gasteiger charge is 1.96. The summed E-state index contributed by atoms with van der Waals surface area (Å²) in [5.74, 6) is 0.159. The maximum absolute atomic E-state index is 10.7. The summed E-state index contributed by atoms with van der Waals surface area (Å²) in [6.07, 6.45) is 3.96. The second-order valence-electron chi connectivity index (χ2n) is 2.50. The van der Waals surface area contributed by atoms with Crippen LogP contribution < -0.4 is 0 Å². The van der Waals surface area contributed by atoms with Gasteiger partial charge in [-0.3, -0.25) is 4.79 Å². The molecule has 0 aromatic carbocycles. The van der Waals surface area contributed by atoms with Crippen LogP contribution in [-0.2, 0) is 9.53 Å². The summed E-state index contributed by atoms with van der Waals surface area (Å²) in [6, 6.07) is 0. The lowest BCUT2D eigenvalue weighted by Gasteiger charge is -2.00. The van der Waals surface area contributed by atoms with Crippen LogP contribution in [0, 0.1) is 0 Å². The molecular formula is C8H17O2P. The average Bonchev–Trinajstić information content (AvgIpc) is 2.04. The topological polar surface area (TPSA) is 26.3 Å². The van der Waals surface area contributed by atoms with Gasteiger partial charge in [0.15, 0.2) is 5.78 Å². The summed E-state index contributed by atoms with van der Waals surface area (Å²) in [5.41, 5.74) is 0. The first-order valence-electron chi connectivity index (χ1n) is 4.10. The van der Waals surface area contributed by atoms with Crippen molar-refractivity contribution in [3.05, 3.63) is 0 Å². The predicted octanol–water partition coefficient (Wildman–Crippen LogP) is 1.64. The van der Waals surface area contributed by atoms with Gasteiger partial charge >= 0.3 is 0 Å². The van der Waals surface area contributed by atoms with Crippen LogP contribution in [0.4, 0.5) is 0 Å². The highest BCUT2D eigenvalue weighted by Crippen LogP contribution is 1.94. The van der Waals surface area contributed by atoms with Gasteiger partial charge in [0.25, 0.3) is 0 Å². The molecule has 0 aliphatic carbocycles. The highest BCUT2D eigenvalue weighted by atomic mass is 31.0. The number of rotatable bonds is 7. The lowest BCUT2D eigenvalue weighted by atomic mass is 10.3. The number of ketones is 1. The number of ether oxygens (including phenoxy) is 1. The number of unbranched alkanes of at least 4 members (excludes halogenated alkanes) is 2. The van der Waals surface area contributed by atoms with Crippen LogP contribution in [0.25, 0.3) is 0 Å². The standard InChI is InChI=1S/C8H17O2P/c1-2-3-4-5-10-6-8(9)7-11/h2-7,11H2,1H3. The van der Waals surface area contributed by atoms with E-state index in [-0.39, 0.29) is 12.4 Å². The van der Waals surface area contributed by atoms with Crippen molar-refractivity contribution in [2.45, 2.75) is 26.2 Å². The van der Waals surface area contributed by atoms with Gasteiger partial charge in [-0.05, 0) is 6.42 Å². The molecule has 11 heavy (non-hydrogen) atoms. The van der Waals surface area contributed by atoms with E-state index >= 15 is 0 Å². The minimum atomic E-state index is 0.159. The molecule has 0 saturated heterocycles. The quantitative estimate of drug-likeness (QED) is 0.435. The first-order chi connectivity index (χ1) is 5.31. The largest absolute Gasteiger partial charge is 0.374 e. The summed E-state index contributed by atoms with van der Waals surface area (Å²) in [5, 5.41) is 0. The number of carbonyl (C=O) groups is 1. The molecule has 0 spiro atoms. The Bertz CT molecular complexity index is 104. The fraction of sp³-hybridized carbons (Fsp3) is 0.875.